The largest absolute Gasteiger partial charge is 0.277 e. The summed E-state index contributed by atoms with van der Waals surface area (Å²) < 4.78 is 2.35. The van der Waals surface area contributed by atoms with Gasteiger partial charge in [-0.2, -0.15) is 0 Å². The molecule has 0 saturated heterocycles. The van der Waals surface area contributed by atoms with Gasteiger partial charge in [-0.25, -0.2) is 9.97 Å². The molecule has 0 bridgehead atoms. The Hall–Kier alpha value is -4.93. The Morgan fingerprint density at radius 1 is 0.605 bits per heavy atom. The van der Waals surface area contributed by atoms with Gasteiger partial charge in [0.1, 0.15) is 0 Å². The van der Waals surface area contributed by atoms with Crippen LogP contribution in [0.2, 0.25) is 0 Å². The first-order chi connectivity index (χ1) is 21.1. The molecule has 0 amide bonds. The molecule has 202 valence electrons. The van der Waals surface area contributed by atoms with Crippen LogP contribution in [0.3, 0.4) is 0 Å². The van der Waals surface area contributed by atoms with Gasteiger partial charge in [0.05, 0.1) is 22.2 Å². The Morgan fingerprint density at radius 3 is 2.19 bits per heavy atom. The van der Waals surface area contributed by atoms with Gasteiger partial charge >= 0.3 is 0 Å². The minimum absolute atomic E-state index is 0.150. The number of aromatic nitrogens is 3. The summed E-state index contributed by atoms with van der Waals surface area (Å²) in [4.78, 5) is 13.2. The van der Waals surface area contributed by atoms with Crippen molar-refractivity contribution in [3.8, 4) is 28.3 Å². The van der Waals surface area contributed by atoms with Crippen LogP contribution in [0.1, 0.15) is 25.0 Å². The van der Waals surface area contributed by atoms with Crippen LogP contribution in [0.5, 0.6) is 0 Å². The van der Waals surface area contributed by atoms with Crippen LogP contribution in [0.15, 0.2) is 125 Å². The lowest BCUT2D eigenvalue weighted by Crippen LogP contribution is -2.15. The van der Waals surface area contributed by atoms with Crippen molar-refractivity contribution in [2.75, 3.05) is 0 Å². The van der Waals surface area contributed by atoms with E-state index < -0.39 is 0 Å². The zero-order valence-corrected chi connectivity index (χ0v) is 24.5. The van der Waals surface area contributed by atoms with Gasteiger partial charge in [-0.05, 0) is 51.7 Å². The molecule has 3 nitrogen and oxygen atoms in total. The van der Waals surface area contributed by atoms with Crippen LogP contribution in [-0.2, 0) is 5.41 Å². The third-order valence-electron chi connectivity index (χ3n) is 9.56. The van der Waals surface area contributed by atoms with Crippen LogP contribution >= 0.6 is 11.8 Å². The highest BCUT2D eigenvalue weighted by Crippen LogP contribution is 2.56. The van der Waals surface area contributed by atoms with Crippen molar-refractivity contribution in [2.45, 2.75) is 29.1 Å². The SMILES string of the molecule is CC1(C)c2ccccc2-c2c1c1ccccc1c1c3ccccc3n(-c3nc4c5c(cccc5n3)Sc3ccccc3-4)c21. The van der Waals surface area contributed by atoms with Crippen molar-refractivity contribution in [1.29, 1.82) is 0 Å². The summed E-state index contributed by atoms with van der Waals surface area (Å²) in [6.07, 6.45) is 0. The lowest BCUT2D eigenvalue weighted by atomic mass is 9.79. The van der Waals surface area contributed by atoms with Gasteiger partial charge < -0.3 is 0 Å². The van der Waals surface area contributed by atoms with Gasteiger partial charge in [-0.15, -0.1) is 0 Å². The van der Waals surface area contributed by atoms with E-state index in [1.54, 1.807) is 11.8 Å². The maximum Gasteiger partial charge on any atom is 0.235 e. The van der Waals surface area contributed by atoms with Crippen molar-refractivity contribution in [2.24, 2.45) is 0 Å². The Kier molecular flexibility index (Phi) is 4.46. The summed E-state index contributed by atoms with van der Waals surface area (Å²) in [6, 6.07) is 41.7. The van der Waals surface area contributed by atoms with Gasteiger partial charge in [0.25, 0.3) is 0 Å². The molecule has 43 heavy (non-hydrogen) atoms. The van der Waals surface area contributed by atoms with E-state index >= 15 is 0 Å². The lowest BCUT2D eigenvalue weighted by Gasteiger charge is -2.24. The third kappa shape index (κ3) is 2.91. The van der Waals surface area contributed by atoms with Crippen molar-refractivity contribution in [1.82, 2.24) is 14.5 Å². The minimum Gasteiger partial charge on any atom is -0.277 e. The smallest absolute Gasteiger partial charge is 0.235 e. The molecule has 0 radical (unpaired) electrons. The van der Waals surface area contributed by atoms with Crippen LogP contribution in [0.4, 0.5) is 0 Å². The molecule has 2 aromatic heterocycles. The summed E-state index contributed by atoms with van der Waals surface area (Å²) in [5.74, 6) is 0.715. The average Bonchev–Trinajstić information content (AvgIpc) is 3.51. The molecule has 0 unspecified atom stereocenters. The van der Waals surface area contributed by atoms with Crippen LogP contribution < -0.4 is 0 Å². The number of para-hydroxylation sites is 1. The summed E-state index contributed by atoms with van der Waals surface area (Å²) in [5.41, 5.74) is 10.7. The summed E-state index contributed by atoms with van der Waals surface area (Å²) in [7, 11) is 0. The fraction of sp³-hybridized carbons (Fsp3) is 0.0769. The van der Waals surface area contributed by atoms with Crippen molar-refractivity contribution >= 4 is 55.2 Å². The molecule has 6 aromatic carbocycles. The number of fused-ring (bicyclic) bond motifs is 12. The number of benzene rings is 6. The molecular formula is C39H25N3S. The Morgan fingerprint density at radius 2 is 1.30 bits per heavy atom. The average molecular weight is 568 g/mol. The van der Waals surface area contributed by atoms with Gasteiger partial charge in [-0.3, -0.25) is 4.57 Å². The van der Waals surface area contributed by atoms with Gasteiger partial charge in [0.15, 0.2) is 0 Å². The van der Waals surface area contributed by atoms with Gasteiger partial charge in [0, 0.05) is 42.5 Å². The van der Waals surface area contributed by atoms with E-state index in [0.717, 1.165) is 22.1 Å². The molecule has 10 rings (SSSR count). The monoisotopic (exact) mass is 567 g/mol. The first-order valence-electron chi connectivity index (χ1n) is 14.8. The molecule has 0 saturated carbocycles. The Labute approximate surface area is 252 Å². The topological polar surface area (TPSA) is 30.7 Å². The molecule has 3 heterocycles. The van der Waals surface area contributed by atoms with E-state index in [2.05, 4.69) is 134 Å². The Balaban J connectivity index is 1.45. The van der Waals surface area contributed by atoms with E-state index in [0.29, 0.717) is 5.95 Å². The first-order valence-corrected chi connectivity index (χ1v) is 15.6. The minimum atomic E-state index is -0.150. The lowest BCUT2D eigenvalue weighted by molar-refractivity contribution is 0.666. The van der Waals surface area contributed by atoms with Crippen LogP contribution in [-0.4, -0.2) is 14.5 Å². The van der Waals surface area contributed by atoms with Crippen molar-refractivity contribution in [3.63, 3.8) is 0 Å². The standard InChI is InChI=1S/C39H25N3S/c1-39(2)27-17-8-5-14-24(27)33-35(39)23-13-4-3-12-22(23)32-25-15-6-9-19-29(25)42(37(32)33)38-40-28-18-11-21-31-34(28)36(41-38)26-16-7-10-20-30(26)43-31/h3-21H,1-2H3. The molecule has 0 spiro atoms. The predicted molar refractivity (Wildman–Crippen MR) is 179 cm³/mol. The maximum absolute atomic E-state index is 5.45. The van der Waals surface area contributed by atoms with Crippen molar-refractivity contribution < 1.29 is 0 Å². The molecule has 2 aliphatic rings. The maximum atomic E-state index is 5.45. The highest BCUT2D eigenvalue weighted by molar-refractivity contribution is 7.99. The quantitative estimate of drug-likeness (QED) is 0.198. The van der Waals surface area contributed by atoms with E-state index in [1.165, 1.54) is 64.7 Å². The van der Waals surface area contributed by atoms with Crippen LogP contribution in [0, 0.1) is 0 Å². The van der Waals surface area contributed by atoms with E-state index in [-0.39, 0.29) is 5.41 Å². The zero-order valence-electron chi connectivity index (χ0n) is 23.7. The van der Waals surface area contributed by atoms with Gasteiger partial charge in [0.2, 0.25) is 5.95 Å². The number of rotatable bonds is 1. The number of hydrogen-bond acceptors (Lipinski definition) is 3. The highest BCUT2D eigenvalue weighted by Gasteiger charge is 2.40. The molecule has 0 atom stereocenters. The van der Waals surface area contributed by atoms with Crippen LogP contribution in [0.25, 0.3) is 71.8 Å². The second-order valence-corrected chi connectivity index (χ2v) is 13.2. The molecule has 4 heteroatoms. The molecule has 1 aliphatic heterocycles. The normalized spacial score (nSPS) is 14.4. The fourth-order valence-corrected chi connectivity index (χ4v) is 8.92. The molecule has 0 N–H and O–H groups in total. The second-order valence-electron chi connectivity index (χ2n) is 12.2. The predicted octanol–water partition coefficient (Wildman–Crippen LogP) is 10.3. The van der Waals surface area contributed by atoms with Gasteiger partial charge in [-0.1, -0.05) is 117 Å². The summed E-state index contributed by atoms with van der Waals surface area (Å²) in [5, 5.41) is 6.22. The summed E-state index contributed by atoms with van der Waals surface area (Å²) in [6.45, 7) is 4.74. The van der Waals surface area contributed by atoms with E-state index in [1.807, 2.05) is 0 Å². The summed E-state index contributed by atoms with van der Waals surface area (Å²) >= 11 is 1.81. The number of nitrogens with zero attached hydrogens (tertiary/aromatic N) is 3. The molecule has 1 aliphatic carbocycles. The molecule has 8 aromatic rings. The van der Waals surface area contributed by atoms with Crippen molar-refractivity contribution in [3.05, 3.63) is 126 Å². The van der Waals surface area contributed by atoms with E-state index in [9.17, 15) is 0 Å². The van der Waals surface area contributed by atoms with E-state index in [4.69, 9.17) is 9.97 Å². The zero-order chi connectivity index (χ0) is 28.4. The number of hydrogen-bond donors (Lipinski definition) is 0. The third-order valence-corrected chi connectivity index (χ3v) is 10.7. The second kappa shape index (κ2) is 8.12. The first kappa shape index (κ1) is 23.6. The fourth-order valence-electron chi connectivity index (χ4n) is 7.81. The molecular weight excluding hydrogens is 543 g/mol. The Bertz CT molecular complexity index is 2520. The highest BCUT2D eigenvalue weighted by atomic mass is 32.2. The molecule has 0 fully saturated rings.